The van der Waals surface area contributed by atoms with E-state index in [1.54, 1.807) is 64.3 Å². The van der Waals surface area contributed by atoms with E-state index in [2.05, 4.69) is 53.2 Å². The molecule has 32 heteroatoms. The SMILES string of the molecule is CC[C@H](C)[C@H](NC(=O)[C@@H](N)CC(=O)O)C(=O)N[C@@H](CO)C(=O)N[C@H](C(=O)N[C@@H](CCCCN)C(=O)N[C@@H](C)C(=O)N[C@@H](Cc1ccccc1)C(=O)N[C@@H](CCC(N)=O)C(=O)N[C@@H](CCSC)C(=O)N[C@@H](CO)C(=O)N[C@@H](CC(C)C)C(=O)O)[C@@H](C)O. The minimum atomic E-state index is -1.84. The van der Waals surface area contributed by atoms with E-state index in [0.29, 0.717) is 18.4 Å². The quantitative estimate of drug-likeness (QED) is 0.0272. The molecule has 0 aliphatic heterocycles. The molecule has 0 heterocycles. The van der Waals surface area contributed by atoms with Crippen molar-refractivity contribution in [1.29, 1.82) is 0 Å². The molecule has 0 saturated carbocycles. The fourth-order valence-corrected chi connectivity index (χ4v) is 8.62. The third kappa shape index (κ3) is 28.1. The van der Waals surface area contributed by atoms with Crippen molar-refractivity contribution >= 4 is 88.7 Å². The maximum atomic E-state index is 14.3. The fraction of sp³-hybridized carbons (Fsp3) is 0.648. The van der Waals surface area contributed by atoms with Crippen LogP contribution >= 0.6 is 11.8 Å². The van der Waals surface area contributed by atoms with Crippen LogP contribution in [0.15, 0.2) is 30.3 Å². The van der Waals surface area contributed by atoms with Crippen LogP contribution in [-0.2, 0) is 68.7 Å². The van der Waals surface area contributed by atoms with E-state index in [1.165, 1.54) is 18.7 Å². The minimum Gasteiger partial charge on any atom is -0.481 e. The first kappa shape index (κ1) is 76.5. The summed E-state index contributed by atoms with van der Waals surface area (Å²) < 4.78 is 0. The van der Waals surface area contributed by atoms with Crippen LogP contribution in [0.3, 0.4) is 0 Å². The molecule has 0 aliphatic carbocycles. The second-order valence-electron chi connectivity index (χ2n) is 21.1. The summed E-state index contributed by atoms with van der Waals surface area (Å²) in [5.41, 5.74) is 17.3. The lowest BCUT2D eigenvalue weighted by Crippen LogP contribution is -2.62. The number of nitrogens with one attached hydrogen (secondary N) is 10. The van der Waals surface area contributed by atoms with Gasteiger partial charge in [-0.15, -0.1) is 0 Å². The number of hydrogen-bond acceptors (Lipinski definition) is 19. The molecule has 13 atom stereocenters. The number of rotatable bonds is 42. The van der Waals surface area contributed by atoms with Crippen molar-refractivity contribution in [1.82, 2.24) is 53.2 Å². The van der Waals surface area contributed by atoms with Crippen molar-refractivity contribution < 1.29 is 87.9 Å². The second kappa shape index (κ2) is 40.0. The van der Waals surface area contributed by atoms with Crippen LogP contribution in [0.1, 0.15) is 105 Å². The van der Waals surface area contributed by atoms with Crippen molar-refractivity contribution in [2.24, 2.45) is 29.0 Å². The van der Waals surface area contributed by atoms with Gasteiger partial charge in [-0.25, -0.2) is 4.79 Å². The Morgan fingerprint density at radius 1 is 0.547 bits per heavy atom. The molecule has 484 valence electrons. The number of benzene rings is 1. The van der Waals surface area contributed by atoms with Gasteiger partial charge in [0.1, 0.15) is 60.4 Å². The van der Waals surface area contributed by atoms with Crippen molar-refractivity contribution in [2.45, 2.75) is 178 Å². The number of nitrogens with two attached hydrogens (primary N) is 3. The summed E-state index contributed by atoms with van der Waals surface area (Å²) in [6.45, 7) is 7.24. The molecular formula is C54H89N13O18S. The molecule has 1 aromatic rings. The number of unbranched alkanes of at least 4 members (excludes halogenated alkanes) is 1. The monoisotopic (exact) mass is 1240 g/mol. The van der Waals surface area contributed by atoms with Gasteiger partial charge in [0.2, 0.25) is 65.0 Å². The predicted molar refractivity (Wildman–Crippen MR) is 312 cm³/mol. The third-order valence-corrected chi connectivity index (χ3v) is 14.0. The zero-order chi connectivity index (χ0) is 65.4. The van der Waals surface area contributed by atoms with Crippen molar-refractivity contribution in [3.05, 3.63) is 35.9 Å². The first-order chi connectivity index (χ1) is 40.4. The normalized spacial score (nSPS) is 15.7. The standard InChI is InChI=1S/C54H89N13O18S/c1-8-28(4)42(66-45(75)32(56)24-41(72)73)52(82)65-39(26-69)51(81)67-43(30(6)70)53(83)61-33(16-12-13-20-55)46(76)58-29(5)44(74)62-36(23-31-14-10-9-11-15-31)49(79)59-34(17-18-40(57)71)47(77)60-35(19-21-86-7)48(78)64-38(25-68)50(80)63-37(54(84)85)22-27(2)3/h9-11,14-15,27-30,32-39,42-43,68-70H,8,12-13,16-26,55-56H2,1-7H3,(H2,57,71)(H,58,76)(H,59,79)(H,60,77)(H,61,83)(H,62,74)(H,63,80)(H,64,78)(H,65,82)(H,66,75)(H,67,81)(H,72,73)(H,84,85)/t28-,29-,30+,32-,33-,34-,35-,36-,37-,38-,39-,42-,43-/m0/s1. The summed E-state index contributed by atoms with van der Waals surface area (Å²) in [7, 11) is 0. The van der Waals surface area contributed by atoms with E-state index < -0.39 is 188 Å². The van der Waals surface area contributed by atoms with Gasteiger partial charge in [0.25, 0.3) is 0 Å². The first-order valence-electron chi connectivity index (χ1n) is 28.1. The molecule has 21 N–H and O–H groups in total. The molecule has 1 rings (SSSR count). The van der Waals surface area contributed by atoms with Gasteiger partial charge in [0.15, 0.2) is 0 Å². The summed E-state index contributed by atoms with van der Waals surface area (Å²) in [6.07, 6.45) is -1.05. The second-order valence-corrected chi connectivity index (χ2v) is 22.0. The van der Waals surface area contributed by atoms with Crippen LogP contribution in [0.2, 0.25) is 0 Å². The van der Waals surface area contributed by atoms with Crippen molar-refractivity contribution in [3.63, 3.8) is 0 Å². The topological polar surface area (TPSA) is 521 Å². The number of amides is 11. The minimum absolute atomic E-state index is 0.0352. The van der Waals surface area contributed by atoms with Gasteiger partial charge >= 0.3 is 11.9 Å². The highest BCUT2D eigenvalue weighted by atomic mass is 32.2. The number of carboxylic acids is 2. The molecule has 0 aromatic heterocycles. The van der Waals surface area contributed by atoms with Crippen molar-refractivity contribution in [2.75, 3.05) is 31.8 Å². The van der Waals surface area contributed by atoms with Gasteiger partial charge in [-0.3, -0.25) is 57.5 Å². The van der Waals surface area contributed by atoms with Gasteiger partial charge in [0.05, 0.1) is 31.8 Å². The Kier molecular flexibility index (Phi) is 35.6. The largest absolute Gasteiger partial charge is 0.481 e. The number of aliphatic carboxylic acids is 2. The highest BCUT2D eigenvalue weighted by molar-refractivity contribution is 7.98. The fourth-order valence-electron chi connectivity index (χ4n) is 8.15. The van der Waals surface area contributed by atoms with Gasteiger partial charge in [-0.05, 0) is 88.3 Å². The molecule has 0 unspecified atom stereocenters. The molecule has 0 bridgehead atoms. The number of carboxylic acid groups (broad SMARTS) is 2. The highest BCUT2D eigenvalue weighted by Gasteiger charge is 2.37. The van der Waals surface area contributed by atoms with Gasteiger partial charge in [0, 0.05) is 12.8 Å². The molecule has 0 saturated heterocycles. The van der Waals surface area contributed by atoms with Crippen molar-refractivity contribution in [3.8, 4) is 0 Å². The third-order valence-electron chi connectivity index (χ3n) is 13.3. The van der Waals surface area contributed by atoms with Crippen LogP contribution in [0.5, 0.6) is 0 Å². The maximum Gasteiger partial charge on any atom is 0.326 e. The van der Waals surface area contributed by atoms with Gasteiger partial charge < -0.3 is 95.9 Å². The van der Waals surface area contributed by atoms with Crippen LogP contribution in [0.25, 0.3) is 0 Å². The Morgan fingerprint density at radius 2 is 1.00 bits per heavy atom. The van der Waals surface area contributed by atoms with Crippen LogP contribution in [0.4, 0.5) is 0 Å². The van der Waals surface area contributed by atoms with Crippen LogP contribution in [0, 0.1) is 11.8 Å². The zero-order valence-electron chi connectivity index (χ0n) is 49.6. The number of carbonyl (C=O) groups is 13. The lowest BCUT2D eigenvalue weighted by molar-refractivity contribution is -0.143. The summed E-state index contributed by atoms with van der Waals surface area (Å²) in [6, 6.07) is -8.75. The summed E-state index contributed by atoms with van der Waals surface area (Å²) in [5, 5.41) is 73.5. The molecule has 11 amide bonds. The first-order valence-corrected chi connectivity index (χ1v) is 29.5. The molecule has 0 spiro atoms. The van der Waals surface area contributed by atoms with Gasteiger partial charge in [-0.1, -0.05) is 64.4 Å². The number of carbonyl (C=O) groups excluding carboxylic acids is 11. The average Bonchev–Trinajstić information content (AvgIpc) is 3.53. The van der Waals surface area contributed by atoms with E-state index in [4.69, 9.17) is 22.3 Å². The highest BCUT2D eigenvalue weighted by Crippen LogP contribution is 2.13. The molecule has 0 fully saturated rings. The Bertz CT molecular complexity index is 2440. The molecule has 0 radical (unpaired) electrons. The molecular weight excluding hydrogens is 1150 g/mol. The van der Waals surface area contributed by atoms with E-state index in [0.717, 1.165) is 6.92 Å². The number of primary amides is 1. The Balaban J connectivity index is 3.46. The average molecular weight is 1240 g/mol. The molecule has 86 heavy (non-hydrogen) atoms. The maximum absolute atomic E-state index is 14.3. The van der Waals surface area contributed by atoms with Crippen LogP contribution < -0.4 is 70.4 Å². The van der Waals surface area contributed by atoms with Crippen LogP contribution in [-0.4, -0.2) is 207 Å². The molecule has 31 nitrogen and oxygen atoms in total. The number of thioether (sulfide) groups is 1. The molecule has 1 aromatic carbocycles. The Morgan fingerprint density at radius 3 is 1.50 bits per heavy atom. The summed E-state index contributed by atoms with van der Waals surface area (Å²) in [4.78, 5) is 172. The summed E-state index contributed by atoms with van der Waals surface area (Å²) in [5.74, 6) is -14.2. The Hall–Kier alpha value is -7.52. The van der Waals surface area contributed by atoms with E-state index >= 15 is 0 Å². The van der Waals surface area contributed by atoms with Gasteiger partial charge in [-0.2, -0.15) is 11.8 Å². The van der Waals surface area contributed by atoms with E-state index in [9.17, 15) is 82.8 Å². The Labute approximate surface area is 503 Å². The number of aliphatic hydroxyl groups is 3. The number of hydrogen-bond donors (Lipinski definition) is 18. The lowest BCUT2D eigenvalue weighted by Gasteiger charge is -2.29. The molecule has 0 aliphatic rings. The van der Waals surface area contributed by atoms with E-state index in [1.807, 2.05) is 0 Å². The van der Waals surface area contributed by atoms with E-state index in [-0.39, 0.29) is 50.3 Å². The smallest absolute Gasteiger partial charge is 0.326 e. The lowest BCUT2D eigenvalue weighted by atomic mass is 9.97. The zero-order valence-corrected chi connectivity index (χ0v) is 50.4. The predicted octanol–water partition coefficient (Wildman–Crippen LogP) is -5.41. The number of aliphatic hydroxyl groups excluding tert-OH is 3. The summed E-state index contributed by atoms with van der Waals surface area (Å²) >= 11 is 1.28.